The number of aromatic nitrogens is 2. The molecule has 0 aliphatic rings. The number of nitrogens with zero attached hydrogens (tertiary/aromatic N) is 3. The normalized spacial score (nSPS) is 10.1. The van der Waals surface area contributed by atoms with Gasteiger partial charge in [0.25, 0.3) is 0 Å². The number of aliphatic carboxylic acids is 1. The molecular weight excluding hydrogens is 236 g/mol. The number of nitrogens with one attached hydrogen (secondary N) is 1. The van der Waals surface area contributed by atoms with Gasteiger partial charge in [0.05, 0.1) is 13.0 Å². The average molecular weight is 254 g/mol. The number of carbonyl (C=O) groups excluding carboxylic acids is 1. The second-order valence-electron chi connectivity index (χ2n) is 3.90. The predicted molar refractivity (Wildman–Crippen MR) is 65.0 cm³/mol. The Hall–Kier alpha value is -2.05. The van der Waals surface area contributed by atoms with E-state index in [1.807, 2.05) is 6.92 Å². The van der Waals surface area contributed by atoms with Gasteiger partial charge in [-0.2, -0.15) is 0 Å². The minimum atomic E-state index is -0.907. The van der Waals surface area contributed by atoms with Gasteiger partial charge in [-0.1, -0.05) is 0 Å². The van der Waals surface area contributed by atoms with Crippen molar-refractivity contribution in [3.05, 3.63) is 18.2 Å². The number of carboxylic acid groups (broad SMARTS) is 1. The van der Waals surface area contributed by atoms with E-state index in [9.17, 15) is 9.59 Å². The summed E-state index contributed by atoms with van der Waals surface area (Å²) in [6.07, 6.45) is 3.26. The fourth-order valence-electron chi connectivity index (χ4n) is 1.54. The molecule has 7 nitrogen and oxygen atoms in total. The maximum atomic E-state index is 12.0. The highest BCUT2D eigenvalue weighted by Gasteiger charge is 2.17. The Labute approximate surface area is 105 Å². The average Bonchev–Trinajstić information content (AvgIpc) is 2.81. The van der Waals surface area contributed by atoms with Crippen LogP contribution >= 0.6 is 0 Å². The molecule has 0 aliphatic heterocycles. The molecule has 0 bridgehead atoms. The summed E-state index contributed by atoms with van der Waals surface area (Å²) in [5.74, 6) is -0.213. The molecule has 0 saturated heterocycles. The van der Waals surface area contributed by atoms with Crippen molar-refractivity contribution < 1.29 is 14.7 Å². The van der Waals surface area contributed by atoms with Crippen LogP contribution in [0.25, 0.3) is 0 Å². The molecule has 0 aromatic carbocycles. The highest BCUT2D eigenvalue weighted by molar-refractivity contribution is 5.75. The molecule has 0 fully saturated rings. The predicted octanol–water partition coefficient (Wildman–Crippen LogP) is 0.758. The third-order valence-corrected chi connectivity index (χ3v) is 2.52. The fraction of sp³-hybridized carbons (Fsp3) is 0.545. The molecule has 0 unspecified atom stereocenters. The number of hydrogen-bond acceptors (Lipinski definition) is 3. The van der Waals surface area contributed by atoms with Crippen molar-refractivity contribution >= 4 is 12.0 Å². The summed E-state index contributed by atoms with van der Waals surface area (Å²) in [5, 5.41) is 8.62. The van der Waals surface area contributed by atoms with Gasteiger partial charge in [0.2, 0.25) is 0 Å². The fourth-order valence-corrected chi connectivity index (χ4v) is 1.54. The van der Waals surface area contributed by atoms with Crippen LogP contribution in [-0.2, 0) is 11.3 Å². The second kappa shape index (κ2) is 6.63. The van der Waals surface area contributed by atoms with E-state index in [0.717, 1.165) is 0 Å². The summed E-state index contributed by atoms with van der Waals surface area (Å²) >= 11 is 0. The Bertz CT molecular complexity index is 391. The first-order chi connectivity index (χ1) is 8.54. The monoisotopic (exact) mass is 254 g/mol. The van der Waals surface area contributed by atoms with Crippen molar-refractivity contribution in [1.82, 2.24) is 19.8 Å². The lowest BCUT2D eigenvalue weighted by atomic mass is 10.4. The van der Waals surface area contributed by atoms with Gasteiger partial charge in [0.15, 0.2) is 0 Å². The third-order valence-electron chi connectivity index (χ3n) is 2.52. The van der Waals surface area contributed by atoms with E-state index >= 15 is 0 Å². The lowest BCUT2D eigenvalue weighted by Gasteiger charge is -2.26. The smallest absolute Gasteiger partial charge is 0.320 e. The summed E-state index contributed by atoms with van der Waals surface area (Å²) in [6, 6.07) is -0.199. The zero-order chi connectivity index (χ0) is 13.5. The maximum absolute atomic E-state index is 12.0. The van der Waals surface area contributed by atoms with Gasteiger partial charge in [-0.15, -0.1) is 0 Å². The largest absolute Gasteiger partial charge is 0.481 e. The molecule has 7 heteroatoms. The molecule has 2 N–H and O–H groups in total. The zero-order valence-electron chi connectivity index (χ0n) is 10.6. The van der Waals surface area contributed by atoms with Crippen LogP contribution in [0, 0.1) is 0 Å². The van der Waals surface area contributed by atoms with Crippen molar-refractivity contribution in [3.63, 3.8) is 0 Å². The molecule has 0 radical (unpaired) electrons. The van der Waals surface area contributed by atoms with Crippen LogP contribution in [-0.4, -0.2) is 57.0 Å². The van der Waals surface area contributed by atoms with E-state index in [0.29, 0.717) is 18.9 Å². The molecule has 1 rings (SSSR count). The zero-order valence-corrected chi connectivity index (χ0v) is 10.6. The number of urea groups is 1. The van der Waals surface area contributed by atoms with Crippen molar-refractivity contribution in [2.45, 2.75) is 19.9 Å². The molecule has 1 heterocycles. The van der Waals surface area contributed by atoms with Crippen LogP contribution in [0.4, 0.5) is 4.79 Å². The number of carbonyl (C=O) groups is 2. The van der Waals surface area contributed by atoms with Crippen molar-refractivity contribution in [2.24, 2.45) is 0 Å². The molecule has 0 spiro atoms. The molecule has 0 atom stereocenters. The van der Waals surface area contributed by atoms with Gasteiger partial charge in [-0.25, -0.2) is 9.78 Å². The first-order valence-electron chi connectivity index (χ1n) is 5.74. The number of carboxylic acids is 1. The standard InChI is InChI=1S/C11H18N4O3/c1-3-15(7-4-10(16)17)11(18)14(2)8-9-12-5-6-13-9/h5-6H,3-4,7-8H2,1-2H3,(H,12,13)(H,16,17). The summed E-state index contributed by atoms with van der Waals surface area (Å²) in [7, 11) is 1.66. The summed E-state index contributed by atoms with van der Waals surface area (Å²) in [4.78, 5) is 32.5. The minimum absolute atomic E-state index is 0.0474. The first kappa shape index (κ1) is 14.0. The van der Waals surface area contributed by atoms with Crippen molar-refractivity contribution in [3.8, 4) is 0 Å². The lowest BCUT2D eigenvalue weighted by Crippen LogP contribution is -2.41. The summed E-state index contributed by atoms with van der Waals surface area (Å²) < 4.78 is 0. The number of aromatic amines is 1. The Morgan fingerprint density at radius 3 is 2.72 bits per heavy atom. The molecule has 0 aliphatic carbocycles. The van der Waals surface area contributed by atoms with Crippen LogP contribution in [0.2, 0.25) is 0 Å². The number of hydrogen-bond donors (Lipinski definition) is 2. The molecule has 2 amide bonds. The number of rotatable bonds is 6. The molecule has 100 valence electrons. The number of amides is 2. The van der Waals surface area contributed by atoms with E-state index in [1.54, 1.807) is 19.4 Å². The number of imidazole rings is 1. The molecule has 1 aromatic heterocycles. The van der Waals surface area contributed by atoms with Crippen molar-refractivity contribution in [1.29, 1.82) is 0 Å². The summed E-state index contributed by atoms with van der Waals surface area (Å²) in [6.45, 7) is 2.89. The van der Waals surface area contributed by atoms with Crippen LogP contribution in [0.1, 0.15) is 19.2 Å². The van der Waals surface area contributed by atoms with Gasteiger partial charge in [-0.05, 0) is 6.92 Å². The SMILES string of the molecule is CCN(CCC(=O)O)C(=O)N(C)Cc1ncc[nH]1. The van der Waals surface area contributed by atoms with Gasteiger partial charge in [0, 0.05) is 32.5 Å². The van der Waals surface area contributed by atoms with Gasteiger partial charge < -0.3 is 19.9 Å². The Morgan fingerprint density at radius 2 is 2.22 bits per heavy atom. The lowest BCUT2D eigenvalue weighted by molar-refractivity contribution is -0.137. The van der Waals surface area contributed by atoms with E-state index in [2.05, 4.69) is 9.97 Å². The van der Waals surface area contributed by atoms with Crippen LogP contribution in [0.15, 0.2) is 12.4 Å². The van der Waals surface area contributed by atoms with Crippen molar-refractivity contribution in [2.75, 3.05) is 20.1 Å². The second-order valence-corrected chi connectivity index (χ2v) is 3.90. The number of H-pyrrole nitrogens is 1. The summed E-state index contributed by atoms with van der Waals surface area (Å²) in [5.41, 5.74) is 0. The van der Waals surface area contributed by atoms with E-state index in [4.69, 9.17) is 5.11 Å². The minimum Gasteiger partial charge on any atom is -0.481 e. The highest BCUT2D eigenvalue weighted by Crippen LogP contribution is 2.02. The van der Waals surface area contributed by atoms with E-state index in [1.165, 1.54) is 9.80 Å². The Kier molecular flexibility index (Phi) is 5.16. The van der Waals surface area contributed by atoms with Crippen LogP contribution in [0.5, 0.6) is 0 Å². The highest BCUT2D eigenvalue weighted by atomic mass is 16.4. The van der Waals surface area contributed by atoms with Gasteiger partial charge in [-0.3, -0.25) is 4.79 Å². The quantitative estimate of drug-likeness (QED) is 0.784. The Morgan fingerprint density at radius 1 is 1.50 bits per heavy atom. The van der Waals surface area contributed by atoms with Gasteiger partial charge in [0.1, 0.15) is 5.82 Å². The molecular formula is C11H18N4O3. The van der Waals surface area contributed by atoms with Crippen LogP contribution in [0.3, 0.4) is 0 Å². The molecule has 0 saturated carbocycles. The third kappa shape index (κ3) is 4.08. The topological polar surface area (TPSA) is 89.5 Å². The maximum Gasteiger partial charge on any atom is 0.320 e. The molecule has 1 aromatic rings. The molecule has 18 heavy (non-hydrogen) atoms. The van der Waals surface area contributed by atoms with Crippen LogP contribution < -0.4 is 0 Å². The van der Waals surface area contributed by atoms with Gasteiger partial charge >= 0.3 is 12.0 Å². The first-order valence-corrected chi connectivity index (χ1v) is 5.74. The van der Waals surface area contributed by atoms with E-state index < -0.39 is 5.97 Å². The Balaban J connectivity index is 2.51. The van der Waals surface area contributed by atoms with E-state index in [-0.39, 0.29) is 19.0 Å².